The number of carbonyl (C=O) groups is 1. The largest absolute Gasteiger partial charge is 0.507 e. The van der Waals surface area contributed by atoms with Crippen molar-refractivity contribution in [3.8, 4) is 5.75 Å². The van der Waals surface area contributed by atoms with E-state index in [0.717, 1.165) is 11.1 Å². The van der Waals surface area contributed by atoms with Crippen LogP contribution in [-0.2, 0) is 10.2 Å². The third kappa shape index (κ3) is 3.70. The van der Waals surface area contributed by atoms with E-state index in [2.05, 4.69) is 0 Å². The van der Waals surface area contributed by atoms with Crippen LogP contribution in [0.4, 0.5) is 0 Å². The van der Waals surface area contributed by atoms with Crippen LogP contribution in [0, 0.1) is 6.92 Å². The smallest absolute Gasteiger partial charge is 0.303 e. The normalized spacial score (nSPS) is 13.3. The van der Waals surface area contributed by atoms with Crippen LogP contribution >= 0.6 is 0 Å². The fraction of sp³-hybridized carbons (Fsp3) is 0.533. The first-order valence-corrected chi connectivity index (χ1v) is 6.45. The van der Waals surface area contributed by atoms with E-state index in [4.69, 9.17) is 10.8 Å². The van der Waals surface area contributed by atoms with Crippen molar-refractivity contribution in [1.29, 1.82) is 0 Å². The van der Waals surface area contributed by atoms with Crippen LogP contribution in [-0.4, -0.2) is 16.2 Å². The molecule has 0 saturated carbocycles. The third-order valence-corrected chi connectivity index (χ3v) is 3.28. The lowest BCUT2D eigenvalue weighted by Gasteiger charge is -2.25. The highest BCUT2D eigenvalue weighted by Crippen LogP contribution is 2.38. The summed E-state index contributed by atoms with van der Waals surface area (Å²) in [6.45, 7) is 7.93. The Balaban J connectivity index is 3.16. The molecule has 1 aromatic carbocycles. The summed E-state index contributed by atoms with van der Waals surface area (Å²) in [7, 11) is 0. The predicted octanol–water partition coefficient (Wildman–Crippen LogP) is 2.86. The second-order valence-electron chi connectivity index (χ2n) is 5.98. The second-order valence-corrected chi connectivity index (χ2v) is 5.98. The van der Waals surface area contributed by atoms with Crippen LogP contribution < -0.4 is 5.73 Å². The van der Waals surface area contributed by atoms with Gasteiger partial charge in [-0.25, -0.2) is 0 Å². The molecule has 0 fully saturated rings. The molecule has 0 saturated heterocycles. The van der Waals surface area contributed by atoms with Gasteiger partial charge in [0.05, 0.1) is 0 Å². The summed E-state index contributed by atoms with van der Waals surface area (Å²) in [5.41, 5.74) is 8.24. The van der Waals surface area contributed by atoms with Gasteiger partial charge in [0.2, 0.25) is 0 Å². The van der Waals surface area contributed by atoms with Crippen molar-refractivity contribution in [1.82, 2.24) is 0 Å². The zero-order valence-corrected chi connectivity index (χ0v) is 12.0. The molecule has 0 radical (unpaired) electrons. The number of carboxylic acid groups (broad SMARTS) is 1. The number of hydrogen-bond acceptors (Lipinski definition) is 3. The molecule has 1 atom stereocenters. The van der Waals surface area contributed by atoms with Crippen LogP contribution in [0.3, 0.4) is 0 Å². The Morgan fingerprint density at radius 3 is 2.42 bits per heavy atom. The molecule has 1 unspecified atom stereocenters. The highest BCUT2D eigenvalue weighted by atomic mass is 16.4. The number of aromatic hydroxyl groups is 1. The average Bonchev–Trinajstić information content (AvgIpc) is 2.24. The maximum atomic E-state index is 10.6. The zero-order chi connectivity index (χ0) is 14.8. The fourth-order valence-corrected chi connectivity index (χ4v) is 2.21. The summed E-state index contributed by atoms with van der Waals surface area (Å²) in [4.78, 5) is 10.6. The Morgan fingerprint density at radius 2 is 1.95 bits per heavy atom. The van der Waals surface area contributed by atoms with Gasteiger partial charge in [0, 0.05) is 18.0 Å². The molecule has 0 spiro atoms. The molecule has 106 valence electrons. The van der Waals surface area contributed by atoms with Crippen LogP contribution in [0.1, 0.15) is 56.3 Å². The molecule has 4 heteroatoms. The Bertz CT molecular complexity index is 475. The number of phenols is 1. The molecule has 0 aliphatic carbocycles. The average molecular weight is 265 g/mol. The third-order valence-electron chi connectivity index (χ3n) is 3.28. The van der Waals surface area contributed by atoms with E-state index in [1.54, 1.807) is 0 Å². The van der Waals surface area contributed by atoms with E-state index in [0.29, 0.717) is 12.0 Å². The van der Waals surface area contributed by atoms with E-state index < -0.39 is 12.0 Å². The van der Waals surface area contributed by atoms with Gasteiger partial charge < -0.3 is 15.9 Å². The van der Waals surface area contributed by atoms with Crippen molar-refractivity contribution in [3.05, 3.63) is 28.8 Å². The van der Waals surface area contributed by atoms with Gasteiger partial charge in [-0.05, 0) is 29.9 Å². The molecule has 0 heterocycles. The second kappa shape index (κ2) is 5.61. The van der Waals surface area contributed by atoms with Gasteiger partial charge in [0.15, 0.2) is 0 Å². The summed E-state index contributed by atoms with van der Waals surface area (Å²) in [6.07, 6.45) is 0.317. The quantitative estimate of drug-likeness (QED) is 0.781. The first-order valence-electron chi connectivity index (χ1n) is 6.45. The summed E-state index contributed by atoms with van der Waals surface area (Å²) >= 11 is 0. The SMILES string of the molecule is Cc1ccc(C(C)(C)C)c(O)c1C(N)CCC(=O)O. The Hall–Kier alpha value is -1.55. The van der Waals surface area contributed by atoms with E-state index in [9.17, 15) is 9.90 Å². The number of carboxylic acids is 1. The van der Waals surface area contributed by atoms with Gasteiger partial charge in [0.1, 0.15) is 5.75 Å². The van der Waals surface area contributed by atoms with Gasteiger partial charge in [-0.15, -0.1) is 0 Å². The van der Waals surface area contributed by atoms with Crippen molar-refractivity contribution >= 4 is 5.97 Å². The molecule has 4 N–H and O–H groups in total. The first kappa shape index (κ1) is 15.5. The number of benzene rings is 1. The predicted molar refractivity (Wildman–Crippen MR) is 75.3 cm³/mol. The van der Waals surface area contributed by atoms with Crippen molar-refractivity contribution in [2.45, 2.75) is 52.0 Å². The number of aryl methyl sites for hydroxylation is 1. The van der Waals surface area contributed by atoms with Crippen LogP contribution in [0.2, 0.25) is 0 Å². The molecule has 1 rings (SSSR count). The van der Waals surface area contributed by atoms with Crippen molar-refractivity contribution in [2.24, 2.45) is 5.73 Å². The number of nitrogens with two attached hydrogens (primary N) is 1. The molecular weight excluding hydrogens is 242 g/mol. The first-order chi connectivity index (χ1) is 8.64. The monoisotopic (exact) mass is 265 g/mol. The van der Waals surface area contributed by atoms with E-state index >= 15 is 0 Å². The Kier molecular flexibility index (Phi) is 4.58. The lowest BCUT2D eigenvalue weighted by Crippen LogP contribution is -2.17. The molecule has 0 aliphatic heterocycles. The van der Waals surface area contributed by atoms with Gasteiger partial charge in [-0.3, -0.25) is 4.79 Å². The van der Waals surface area contributed by atoms with Gasteiger partial charge in [0.25, 0.3) is 0 Å². The van der Waals surface area contributed by atoms with E-state index in [1.165, 1.54) is 0 Å². The summed E-state index contributed by atoms with van der Waals surface area (Å²) in [5, 5.41) is 19.1. The molecule has 0 bridgehead atoms. The molecule has 19 heavy (non-hydrogen) atoms. The van der Waals surface area contributed by atoms with Gasteiger partial charge in [-0.2, -0.15) is 0 Å². The fourth-order valence-electron chi connectivity index (χ4n) is 2.21. The van der Waals surface area contributed by atoms with E-state index in [1.807, 2.05) is 39.8 Å². The highest BCUT2D eigenvalue weighted by Gasteiger charge is 2.23. The maximum Gasteiger partial charge on any atom is 0.303 e. The lowest BCUT2D eigenvalue weighted by molar-refractivity contribution is -0.137. The van der Waals surface area contributed by atoms with Crippen molar-refractivity contribution < 1.29 is 15.0 Å². The maximum absolute atomic E-state index is 10.6. The van der Waals surface area contributed by atoms with Crippen molar-refractivity contribution in [2.75, 3.05) is 0 Å². The lowest BCUT2D eigenvalue weighted by atomic mass is 9.82. The molecule has 4 nitrogen and oxygen atoms in total. The molecule has 0 aromatic heterocycles. The number of hydrogen-bond donors (Lipinski definition) is 3. The molecule has 0 aliphatic rings. The number of phenolic OH excluding ortho intramolecular Hbond substituents is 1. The number of aliphatic carboxylic acids is 1. The minimum atomic E-state index is -0.875. The molecule has 1 aromatic rings. The van der Waals surface area contributed by atoms with Crippen LogP contribution in [0.15, 0.2) is 12.1 Å². The summed E-state index contributed by atoms with van der Waals surface area (Å²) in [5.74, 6) is -0.676. The van der Waals surface area contributed by atoms with E-state index in [-0.39, 0.29) is 17.6 Å². The van der Waals surface area contributed by atoms with Gasteiger partial charge in [-0.1, -0.05) is 32.9 Å². The Labute approximate surface area is 114 Å². The molecule has 0 amide bonds. The molecular formula is C15H23NO3. The minimum absolute atomic E-state index is 0.000206. The van der Waals surface area contributed by atoms with Gasteiger partial charge >= 0.3 is 5.97 Å². The van der Waals surface area contributed by atoms with Crippen LogP contribution in [0.5, 0.6) is 5.75 Å². The minimum Gasteiger partial charge on any atom is -0.507 e. The topological polar surface area (TPSA) is 83.5 Å². The van der Waals surface area contributed by atoms with Crippen LogP contribution in [0.25, 0.3) is 0 Å². The standard InChI is InChI=1S/C15H23NO3/c1-9-5-6-10(15(2,3)4)14(19)13(9)11(16)7-8-12(17)18/h5-6,11,19H,7-8,16H2,1-4H3,(H,17,18). The zero-order valence-electron chi connectivity index (χ0n) is 12.0. The number of rotatable bonds is 4. The van der Waals surface area contributed by atoms with Crippen molar-refractivity contribution in [3.63, 3.8) is 0 Å². The highest BCUT2D eigenvalue weighted by molar-refractivity contribution is 5.66. The summed E-state index contributed by atoms with van der Waals surface area (Å²) < 4.78 is 0. The summed E-state index contributed by atoms with van der Waals surface area (Å²) in [6, 6.07) is 3.37. The Morgan fingerprint density at radius 1 is 1.37 bits per heavy atom.